The van der Waals surface area contributed by atoms with Gasteiger partial charge < -0.3 is 15.8 Å². The Bertz CT molecular complexity index is 569. The molecule has 1 aromatic carbocycles. The first-order valence-electron chi connectivity index (χ1n) is 6.84. The highest BCUT2D eigenvalue weighted by Gasteiger charge is 2.04. The Balaban J connectivity index is 1.82. The zero-order valence-electron chi connectivity index (χ0n) is 12.0. The molecule has 1 atom stereocenters. The molecular weight excluding hydrogens is 268 g/mol. The minimum atomic E-state index is -0.480. The van der Waals surface area contributed by atoms with Crippen molar-refractivity contribution in [1.82, 2.24) is 15.1 Å². The lowest BCUT2D eigenvalue weighted by molar-refractivity contribution is -0.119. The predicted molar refractivity (Wildman–Crippen MR) is 79.7 cm³/mol. The average molecular weight is 288 g/mol. The van der Waals surface area contributed by atoms with Gasteiger partial charge in [0, 0.05) is 25.0 Å². The molecule has 0 fully saturated rings. The van der Waals surface area contributed by atoms with Gasteiger partial charge in [-0.1, -0.05) is 12.1 Å². The molecule has 6 nitrogen and oxygen atoms in total. The van der Waals surface area contributed by atoms with Crippen LogP contribution in [-0.4, -0.2) is 28.3 Å². The molecule has 2 aromatic rings. The highest BCUT2D eigenvalue weighted by molar-refractivity contribution is 5.75. The van der Waals surface area contributed by atoms with Crippen LogP contribution in [0.25, 0.3) is 0 Å². The van der Waals surface area contributed by atoms with E-state index in [-0.39, 0.29) is 6.61 Å². The second kappa shape index (κ2) is 7.44. The van der Waals surface area contributed by atoms with Crippen LogP contribution in [0.4, 0.5) is 0 Å². The third kappa shape index (κ3) is 5.27. The van der Waals surface area contributed by atoms with E-state index in [1.54, 1.807) is 12.3 Å². The Morgan fingerprint density at radius 2 is 2.33 bits per heavy atom. The number of nitrogens with one attached hydrogen (secondary N) is 1. The van der Waals surface area contributed by atoms with Crippen LogP contribution in [0.3, 0.4) is 0 Å². The van der Waals surface area contributed by atoms with Crippen LogP contribution in [0.5, 0.6) is 5.75 Å². The lowest BCUT2D eigenvalue weighted by atomic mass is 10.2. The van der Waals surface area contributed by atoms with Gasteiger partial charge in [0.2, 0.25) is 0 Å². The fourth-order valence-electron chi connectivity index (χ4n) is 1.95. The van der Waals surface area contributed by atoms with Crippen molar-refractivity contribution in [2.75, 3.05) is 6.61 Å². The topological polar surface area (TPSA) is 82.2 Å². The molecule has 2 rings (SSSR count). The minimum Gasteiger partial charge on any atom is -0.484 e. The second-order valence-electron chi connectivity index (χ2n) is 4.91. The van der Waals surface area contributed by atoms with Crippen LogP contribution in [0, 0.1) is 0 Å². The van der Waals surface area contributed by atoms with Gasteiger partial charge in [-0.05, 0) is 30.7 Å². The van der Waals surface area contributed by atoms with Gasteiger partial charge in [0.25, 0.3) is 5.91 Å². The summed E-state index contributed by atoms with van der Waals surface area (Å²) in [6.07, 6.45) is 3.71. The van der Waals surface area contributed by atoms with Crippen molar-refractivity contribution in [2.45, 2.75) is 26.1 Å². The van der Waals surface area contributed by atoms with Gasteiger partial charge in [-0.15, -0.1) is 0 Å². The zero-order chi connectivity index (χ0) is 15.1. The van der Waals surface area contributed by atoms with Crippen LogP contribution in [-0.2, 0) is 17.9 Å². The number of amides is 1. The molecule has 0 saturated carbocycles. The summed E-state index contributed by atoms with van der Waals surface area (Å²) in [6, 6.07) is 9.80. The molecule has 0 spiro atoms. The summed E-state index contributed by atoms with van der Waals surface area (Å²) in [7, 11) is 0. The van der Waals surface area contributed by atoms with Crippen molar-refractivity contribution in [1.29, 1.82) is 0 Å². The van der Waals surface area contributed by atoms with E-state index in [4.69, 9.17) is 10.5 Å². The standard InChI is InChI=1S/C15H20N4O2/c1-12(10-19-7-3-6-18-19)17-9-13-4-2-5-14(8-13)21-11-15(16)20/h2-8,12,17H,9-11H2,1H3,(H2,16,20). The molecule has 0 saturated heterocycles. The number of hydrogen-bond acceptors (Lipinski definition) is 4. The van der Waals surface area contributed by atoms with E-state index in [0.717, 1.165) is 18.7 Å². The molecule has 1 aromatic heterocycles. The third-order valence-electron chi connectivity index (χ3n) is 2.95. The Kier molecular flexibility index (Phi) is 5.34. The maximum atomic E-state index is 10.7. The van der Waals surface area contributed by atoms with Gasteiger partial charge in [-0.3, -0.25) is 9.48 Å². The van der Waals surface area contributed by atoms with Crippen molar-refractivity contribution in [3.63, 3.8) is 0 Å². The Morgan fingerprint density at radius 1 is 1.48 bits per heavy atom. The largest absolute Gasteiger partial charge is 0.484 e. The Morgan fingerprint density at radius 3 is 3.05 bits per heavy atom. The van der Waals surface area contributed by atoms with Crippen molar-refractivity contribution >= 4 is 5.91 Å². The Hall–Kier alpha value is -2.34. The molecule has 1 amide bonds. The quantitative estimate of drug-likeness (QED) is 0.757. The van der Waals surface area contributed by atoms with Gasteiger partial charge in [-0.25, -0.2) is 0 Å². The molecule has 6 heteroatoms. The van der Waals surface area contributed by atoms with E-state index in [2.05, 4.69) is 17.3 Å². The number of carbonyl (C=O) groups excluding carboxylic acids is 1. The third-order valence-corrected chi connectivity index (χ3v) is 2.95. The van der Waals surface area contributed by atoms with E-state index in [1.807, 2.05) is 35.1 Å². The number of hydrogen-bond donors (Lipinski definition) is 2. The molecule has 1 heterocycles. The molecule has 0 bridgehead atoms. The second-order valence-corrected chi connectivity index (χ2v) is 4.91. The molecule has 3 N–H and O–H groups in total. The maximum absolute atomic E-state index is 10.7. The van der Waals surface area contributed by atoms with Crippen LogP contribution in [0.1, 0.15) is 12.5 Å². The summed E-state index contributed by atoms with van der Waals surface area (Å²) >= 11 is 0. The van der Waals surface area contributed by atoms with Gasteiger partial charge in [0.1, 0.15) is 5.75 Å². The first-order chi connectivity index (χ1) is 10.1. The first-order valence-corrected chi connectivity index (χ1v) is 6.84. The highest BCUT2D eigenvalue weighted by Crippen LogP contribution is 2.13. The number of benzene rings is 1. The molecule has 0 aliphatic carbocycles. The van der Waals surface area contributed by atoms with Gasteiger partial charge >= 0.3 is 0 Å². The lowest BCUT2D eigenvalue weighted by Crippen LogP contribution is -2.30. The first kappa shape index (κ1) is 15.1. The number of primary amides is 1. The number of carbonyl (C=O) groups is 1. The number of ether oxygens (including phenoxy) is 1. The highest BCUT2D eigenvalue weighted by atomic mass is 16.5. The molecule has 0 aliphatic heterocycles. The van der Waals surface area contributed by atoms with Crippen LogP contribution in [0.2, 0.25) is 0 Å². The van der Waals surface area contributed by atoms with E-state index in [1.165, 1.54) is 0 Å². The van der Waals surface area contributed by atoms with Crippen LogP contribution < -0.4 is 15.8 Å². The van der Waals surface area contributed by atoms with Crippen molar-refractivity contribution in [3.8, 4) is 5.75 Å². The fraction of sp³-hybridized carbons (Fsp3) is 0.333. The average Bonchev–Trinajstić information content (AvgIpc) is 2.96. The minimum absolute atomic E-state index is 0.105. The molecule has 1 unspecified atom stereocenters. The Labute approximate surface area is 123 Å². The van der Waals surface area contributed by atoms with Gasteiger partial charge in [0.15, 0.2) is 6.61 Å². The van der Waals surface area contributed by atoms with Crippen molar-refractivity contribution in [3.05, 3.63) is 48.3 Å². The van der Waals surface area contributed by atoms with Crippen LogP contribution >= 0.6 is 0 Å². The monoisotopic (exact) mass is 288 g/mol. The molecule has 112 valence electrons. The molecule has 0 aliphatic rings. The number of nitrogens with two attached hydrogens (primary N) is 1. The van der Waals surface area contributed by atoms with Gasteiger partial charge in [0.05, 0.1) is 6.54 Å². The summed E-state index contributed by atoms with van der Waals surface area (Å²) in [4.78, 5) is 10.7. The van der Waals surface area contributed by atoms with Crippen molar-refractivity contribution < 1.29 is 9.53 Å². The van der Waals surface area contributed by atoms with E-state index < -0.39 is 5.91 Å². The van der Waals surface area contributed by atoms with E-state index in [9.17, 15) is 4.79 Å². The predicted octanol–water partition coefficient (Wildman–Crippen LogP) is 0.925. The van der Waals surface area contributed by atoms with Crippen molar-refractivity contribution in [2.24, 2.45) is 5.73 Å². The SMILES string of the molecule is CC(Cn1cccn1)NCc1cccc(OCC(N)=O)c1. The summed E-state index contributed by atoms with van der Waals surface area (Å²) in [5, 5.41) is 7.60. The van der Waals surface area contributed by atoms with E-state index in [0.29, 0.717) is 11.8 Å². The normalized spacial score (nSPS) is 12.0. The van der Waals surface area contributed by atoms with E-state index >= 15 is 0 Å². The van der Waals surface area contributed by atoms with Gasteiger partial charge in [-0.2, -0.15) is 5.10 Å². The number of nitrogens with zero attached hydrogens (tertiary/aromatic N) is 2. The zero-order valence-corrected chi connectivity index (χ0v) is 12.0. The summed E-state index contributed by atoms with van der Waals surface area (Å²) in [5.41, 5.74) is 6.14. The van der Waals surface area contributed by atoms with Crippen LogP contribution in [0.15, 0.2) is 42.7 Å². The maximum Gasteiger partial charge on any atom is 0.255 e. The number of rotatable bonds is 8. The molecular formula is C15H20N4O2. The smallest absolute Gasteiger partial charge is 0.255 e. The molecule has 0 radical (unpaired) electrons. The summed E-state index contributed by atoms with van der Waals surface area (Å²) < 4.78 is 7.18. The lowest BCUT2D eigenvalue weighted by Gasteiger charge is -2.14. The number of aromatic nitrogens is 2. The fourth-order valence-corrected chi connectivity index (χ4v) is 1.95. The summed E-state index contributed by atoms with van der Waals surface area (Å²) in [6.45, 7) is 3.53. The molecule has 21 heavy (non-hydrogen) atoms. The summed E-state index contributed by atoms with van der Waals surface area (Å²) in [5.74, 6) is 0.166.